The Morgan fingerprint density at radius 1 is 1.40 bits per heavy atom. The first-order valence-corrected chi connectivity index (χ1v) is 7.79. The van der Waals surface area contributed by atoms with Crippen LogP contribution in [0.1, 0.15) is 29.0 Å². The molecule has 0 saturated heterocycles. The zero-order chi connectivity index (χ0) is 13.9. The first-order valence-electron chi connectivity index (χ1n) is 6.85. The van der Waals surface area contributed by atoms with Gasteiger partial charge in [-0.05, 0) is 40.4 Å². The Hall–Kier alpha value is -1.81. The van der Waals surface area contributed by atoms with Gasteiger partial charge in [0.15, 0.2) is 0 Å². The molecule has 0 fully saturated rings. The number of nitrogens with one attached hydrogen (secondary N) is 2. The lowest BCUT2D eigenvalue weighted by Gasteiger charge is -2.10. The summed E-state index contributed by atoms with van der Waals surface area (Å²) in [4.78, 5) is 12.1. The summed E-state index contributed by atoms with van der Waals surface area (Å²) in [7, 11) is 0. The van der Waals surface area contributed by atoms with Crippen molar-refractivity contribution in [1.82, 2.24) is 5.32 Å². The van der Waals surface area contributed by atoms with Crippen LogP contribution in [0, 0.1) is 6.92 Å². The maximum atomic E-state index is 12.1. The summed E-state index contributed by atoms with van der Waals surface area (Å²) >= 11 is 1.68. The van der Waals surface area contributed by atoms with Crippen LogP contribution in [0.4, 0.5) is 5.69 Å². The summed E-state index contributed by atoms with van der Waals surface area (Å²) < 4.78 is 0. The quantitative estimate of drug-likeness (QED) is 0.905. The van der Waals surface area contributed by atoms with E-state index in [0.717, 1.165) is 6.54 Å². The first-order chi connectivity index (χ1) is 9.74. The first kappa shape index (κ1) is 13.2. The van der Waals surface area contributed by atoms with Gasteiger partial charge in [-0.3, -0.25) is 4.79 Å². The van der Waals surface area contributed by atoms with Crippen LogP contribution in [0.2, 0.25) is 0 Å². The second-order valence-corrected chi connectivity index (χ2v) is 5.97. The monoisotopic (exact) mass is 286 g/mol. The molecule has 0 aliphatic carbocycles. The van der Waals surface area contributed by atoms with Crippen molar-refractivity contribution in [1.29, 1.82) is 0 Å². The molecule has 3 nitrogen and oxygen atoms in total. The number of rotatable bonds is 4. The fourth-order valence-corrected chi connectivity index (χ4v) is 3.45. The Bertz CT molecular complexity index is 620. The molecule has 1 amide bonds. The van der Waals surface area contributed by atoms with E-state index in [1.807, 2.05) is 12.1 Å². The second-order valence-electron chi connectivity index (χ2n) is 5.23. The van der Waals surface area contributed by atoms with E-state index in [1.54, 1.807) is 11.3 Å². The van der Waals surface area contributed by atoms with Gasteiger partial charge < -0.3 is 10.6 Å². The van der Waals surface area contributed by atoms with Crippen LogP contribution < -0.4 is 10.6 Å². The highest BCUT2D eigenvalue weighted by molar-refractivity contribution is 7.08. The van der Waals surface area contributed by atoms with E-state index in [0.29, 0.717) is 13.0 Å². The molecule has 1 aromatic heterocycles. The molecule has 2 aromatic rings. The largest absolute Gasteiger partial charge is 0.384 e. The highest BCUT2D eigenvalue weighted by Crippen LogP contribution is 2.33. The van der Waals surface area contributed by atoms with Crippen LogP contribution in [0.15, 0.2) is 35.0 Å². The SMILES string of the molecule is Cc1cscc1CNC(=O)CC1CNc2ccccc21. The molecule has 1 aromatic carbocycles. The minimum absolute atomic E-state index is 0.124. The van der Waals surface area contributed by atoms with Gasteiger partial charge in [0.25, 0.3) is 0 Å². The van der Waals surface area contributed by atoms with Crippen molar-refractivity contribution in [2.24, 2.45) is 0 Å². The predicted molar refractivity (Wildman–Crippen MR) is 83.2 cm³/mol. The van der Waals surface area contributed by atoms with Gasteiger partial charge in [-0.1, -0.05) is 18.2 Å². The summed E-state index contributed by atoms with van der Waals surface area (Å²) in [5.41, 5.74) is 4.89. The average Bonchev–Trinajstić information content (AvgIpc) is 3.04. The van der Waals surface area contributed by atoms with Crippen LogP contribution in [0.3, 0.4) is 0 Å². The van der Waals surface area contributed by atoms with Crippen molar-refractivity contribution >= 4 is 22.9 Å². The number of aryl methyl sites for hydroxylation is 1. The van der Waals surface area contributed by atoms with Crippen molar-refractivity contribution < 1.29 is 4.79 Å². The number of amides is 1. The molecular formula is C16H18N2OS. The number of carbonyl (C=O) groups is 1. The van der Waals surface area contributed by atoms with Crippen LogP contribution in [0.25, 0.3) is 0 Å². The highest BCUT2D eigenvalue weighted by Gasteiger charge is 2.23. The topological polar surface area (TPSA) is 41.1 Å². The molecule has 1 aliphatic rings. The molecule has 104 valence electrons. The summed E-state index contributed by atoms with van der Waals surface area (Å²) in [5, 5.41) is 10.6. The molecule has 20 heavy (non-hydrogen) atoms. The minimum Gasteiger partial charge on any atom is -0.384 e. The summed E-state index contributed by atoms with van der Waals surface area (Å²) in [5.74, 6) is 0.411. The lowest BCUT2D eigenvalue weighted by Crippen LogP contribution is -2.25. The number of hydrogen-bond donors (Lipinski definition) is 2. The van der Waals surface area contributed by atoms with Gasteiger partial charge in [0.1, 0.15) is 0 Å². The van der Waals surface area contributed by atoms with E-state index in [-0.39, 0.29) is 11.8 Å². The van der Waals surface area contributed by atoms with Crippen LogP contribution in [0.5, 0.6) is 0 Å². The number of para-hydroxylation sites is 1. The van der Waals surface area contributed by atoms with Gasteiger partial charge in [-0.2, -0.15) is 11.3 Å². The normalized spacial score (nSPS) is 16.6. The van der Waals surface area contributed by atoms with Crippen LogP contribution in [-0.4, -0.2) is 12.5 Å². The second kappa shape index (κ2) is 5.67. The summed E-state index contributed by atoms with van der Waals surface area (Å²) in [6, 6.07) is 8.23. The number of hydrogen-bond acceptors (Lipinski definition) is 3. The van der Waals surface area contributed by atoms with Crippen molar-refractivity contribution in [3.05, 3.63) is 51.7 Å². The van der Waals surface area contributed by atoms with Gasteiger partial charge >= 0.3 is 0 Å². The molecule has 0 spiro atoms. The zero-order valence-corrected chi connectivity index (χ0v) is 12.3. The van der Waals surface area contributed by atoms with Gasteiger partial charge in [0.2, 0.25) is 5.91 Å². The Labute approximate surface area is 123 Å². The average molecular weight is 286 g/mol. The Morgan fingerprint density at radius 2 is 2.25 bits per heavy atom. The summed E-state index contributed by atoms with van der Waals surface area (Å²) in [6.07, 6.45) is 0.549. The third-order valence-electron chi connectivity index (χ3n) is 3.81. The van der Waals surface area contributed by atoms with Gasteiger partial charge in [0.05, 0.1) is 0 Å². The van der Waals surface area contributed by atoms with E-state index >= 15 is 0 Å². The summed E-state index contributed by atoms with van der Waals surface area (Å²) in [6.45, 7) is 3.56. The van der Waals surface area contributed by atoms with Crippen molar-refractivity contribution in [3.8, 4) is 0 Å². The third-order valence-corrected chi connectivity index (χ3v) is 4.72. The Kier molecular flexibility index (Phi) is 3.74. The van der Waals surface area contributed by atoms with E-state index in [1.165, 1.54) is 22.4 Å². The predicted octanol–water partition coefficient (Wildman–Crippen LogP) is 3.27. The van der Waals surface area contributed by atoms with Gasteiger partial charge in [-0.15, -0.1) is 0 Å². The molecular weight excluding hydrogens is 268 g/mol. The van der Waals surface area contributed by atoms with E-state index < -0.39 is 0 Å². The maximum Gasteiger partial charge on any atom is 0.220 e. The number of thiophene rings is 1. The van der Waals surface area contributed by atoms with Crippen molar-refractivity contribution in [3.63, 3.8) is 0 Å². The van der Waals surface area contributed by atoms with E-state index in [9.17, 15) is 4.79 Å². The number of benzene rings is 1. The standard InChI is InChI=1S/C16H18N2OS/c1-11-9-20-10-13(11)8-18-16(19)6-12-7-17-15-5-3-2-4-14(12)15/h2-5,9-10,12,17H,6-8H2,1H3,(H,18,19). The maximum absolute atomic E-state index is 12.1. The molecule has 3 rings (SSSR count). The highest BCUT2D eigenvalue weighted by atomic mass is 32.1. The third kappa shape index (κ3) is 2.70. The molecule has 0 radical (unpaired) electrons. The molecule has 1 atom stereocenters. The van der Waals surface area contributed by atoms with E-state index in [2.05, 4.69) is 40.5 Å². The lowest BCUT2D eigenvalue weighted by atomic mass is 9.97. The van der Waals surface area contributed by atoms with Gasteiger partial charge in [0, 0.05) is 31.1 Å². The van der Waals surface area contributed by atoms with Crippen LogP contribution >= 0.6 is 11.3 Å². The Balaban J connectivity index is 1.57. The number of anilines is 1. The molecule has 1 unspecified atom stereocenters. The van der Waals surface area contributed by atoms with Crippen molar-refractivity contribution in [2.75, 3.05) is 11.9 Å². The molecule has 1 aliphatic heterocycles. The fraction of sp³-hybridized carbons (Fsp3) is 0.312. The lowest BCUT2D eigenvalue weighted by molar-refractivity contribution is -0.121. The molecule has 0 saturated carbocycles. The number of carbonyl (C=O) groups excluding carboxylic acids is 1. The smallest absolute Gasteiger partial charge is 0.220 e. The zero-order valence-electron chi connectivity index (χ0n) is 11.5. The van der Waals surface area contributed by atoms with Crippen molar-refractivity contribution in [2.45, 2.75) is 25.8 Å². The fourth-order valence-electron chi connectivity index (χ4n) is 2.60. The molecule has 0 bridgehead atoms. The molecule has 2 N–H and O–H groups in total. The molecule has 2 heterocycles. The van der Waals surface area contributed by atoms with Crippen LogP contribution in [-0.2, 0) is 11.3 Å². The van der Waals surface area contributed by atoms with E-state index in [4.69, 9.17) is 0 Å². The minimum atomic E-state index is 0.124. The Morgan fingerprint density at radius 3 is 3.05 bits per heavy atom. The molecule has 4 heteroatoms. The van der Waals surface area contributed by atoms with Gasteiger partial charge in [-0.25, -0.2) is 0 Å². The number of fused-ring (bicyclic) bond motifs is 1.